The Balaban J connectivity index is 1.68. The van der Waals surface area contributed by atoms with Crippen LogP contribution in [0.15, 0.2) is 22.7 Å². The molecule has 18 heavy (non-hydrogen) atoms. The standard InChI is InChI=1S/C14H16BrNO2/c15-12-1-2-13-10(7-12)8-17-14(18-13)9-16-5-3-11(14)4-6-16/h1-2,7,11H,3-6,8-9H2. The summed E-state index contributed by atoms with van der Waals surface area (Å²) < 4.78 is 13.5. The molecule has 1 unspecified atom stereocenters. The molecule has 1 aromatic rings. The molecule has 4 aliphatic heterocycles. The molecule has 0 radical (unpaired) electrons. The molecule has 4 aliphatic rings. The third kappa shape index (κ3) is 1.63. The largest absolute Gasteiger partial charge is 0.460 e. The molecule has 4 heteroatoms. The van der Waals surface area contributed by atoms with Crippen molar-refractivity contribution in [2.24, 2.45) is 5.92 Å². The first-order valence-corrected chi connectivity index (χ1v) is 7.38. The summed E-state index contributed by atoms with van der Waals surface area (Å²) in [5.74, 6) is 1.18. The minimum atomic E-state index is -0.378. The van der Waals surface area contributed by atoms with Crippen LogP contribution in [0, 0.1) is 5.92 Å². The first-order valence-electron chi connectivity index (χ1n) is 6.59. The van der Waals surface area contributed by atoms with Crippen LogP contribution >= 0.6 is 15.9 Å². The second-order valence-corrected chi connectivity index (χ2v) is 6.42. The molecule has 0 amide bonds. The second kappa shape index (κ2) is 3.95. The van der Waals surface area contributed by atoms with E-state index in [1.54, 1.807) is 0 Å². The van der Waals surface area contributed by atoms with E-state index in [0.29, 0.717) is 12.5 Å². The van der Waals surface area contributed by atoms with E-state index in [2.05, 4.69) is 33.0 Å². The molecule has 3 saturated heterocycles. The van der Waals surface area contributed by atoms with Crippen molar-refractivity contribution in [2.45, 2.75) is 25.2 Å². The maximum absolute atomic E-state index is 6.26. The normalized spacial score (nSPS) is 37.4. The van der Waals surface area contributed by atoms with Crippen LogP contribution in [0.3, 0.4) is 0 Å². The van der Waals surface area contributed by atoms with Gasteiger partial charge in [0, 0.05) is 16.0 Å². The quantitative estimate of drug-likeness (QED) is 0.735. The van der Waals surface area contributed by atoms with E-state index in [1.165, 1.54) is 25.9 Å². The Labute approximate surface area is 115 Å². The highest BCUT2D eigenvalue weighted by atomic mass is 79.9. The van der Waals surface area contributed by atoms with Crippen LogP contribution in [0.4, 0.5) is 0 Å². The predicted molar refractivity (Wildman–Crippen MR) is 71.5 cm³/mol. The third-order valence-electron chi connectivity index (χ3n) is 4.43. The number of hydrogen-bond donors (Lipinski definition) is 0. The van der Waals surface area contributed by atoms with Crippen LogP contribution < -0.4 is 4.74 Å². The molecule has 96 valence electrons. The van der Waals surface area contributed by atoms with E-state index in [0.717, 1.165) is 22.3 Å². The minimum Gasteiger partial charge on any atom is -0.460 e. The number of halogens is 1. The van der Waals surface area contributed by atoms with Crippen molar-refractivity contribution in [1.29, 1.82) is 0 Å². The van der Waals surface area contributed by atoms with Gasteiger partial charge in [0.25, 0.3) is 0 Å². The zero-order valence-corrected chi connectivity index (χ0v) is 11.8. The number of benzene rings is 1. The summed E-state index contributed by atoms with van der Waals surface area (Å²) in [7, 11) is 0. The van der Waals surface area contributed by atoms with Crippen LogP contribution in [-0.2, 0) is 11.3 Å². The lowest BCUT2D eigenvalue weighted by Gasteiger charge is -2.53. The first-order chi connectivity index (χ1) is 8.75. The zero-order chi connectivity index (χ0) is 12.2. The van der Waals surface area contributed by atoms with Crippen LogP contribution in [0.25, 0.3) is 0 Å². The van der Waals surface area contributed by atoms with Crippen molar-refractivity contribution in [2.75, 3.05) is 19.6 Å². The maximum atomic E-state index is 6.26. The molecular weight excluding hydrogens is 294 g/mol. The maximum Gasteiger partial charge on any atom is 0.226 e. The van der Waals surface area contributed by atoms with Crippen molar-refractivity contribution < 1.29 is 9.47 Å². The van der Waals surface area contributed by atoms with Gasteiger partial charge in [-0.05, 0) is 44.1 Å². The van der Waals surface area contributed by atoms with Crippen molar-refractivity contribution >= 4 is 15.9 Å². The summed E-state index contributed by atoms with van der Waals surface area (Å²) in [6.07, 6.45) is 2.40. The van der Waals surface area contributed by atoms with E-state index in [4.69, 9.17) is 9.47 Å². The smallest absolute Gasteiger partial charge is 0.226 e. The number of rotatable bonds is 0. The molecule has 0 aromatic heterocycles. The lowest BCUT2D eigenvalue weighted by atomic mass is 9.82. The van der Waals surface area contributed by atoms with Gasteiger partial charge in [-0.25, -0.2) is 0 Å². The van der Waals surface area contributed by atoms with Crippen molar-refractivity contribution in [3.63, 3.8) is 0 Å². The van der Waals surface area contributed by atoms with Crippen molar-refractivity contribution in [3.8, 4) is 5.75 Å². The summed E-state index contributed by atoms with van der Waals surface area (Å²) in [6, 6.07) is 6.18. The van der Waals surface area contributed by atoms with Gasteiger partial charge in [-0.2, -0.15) is 0 Å². The van der Waals surface area contributed by atoms with Gasteiger partial charge in [-0.15, -0.1) is 0 Å². The van der Waals surface area contributed by atoms with Crippen LogP contribution in [0.2, 0.25) is 0 Å². The lowest BCUT2D eigenvalue weighted by Crippen LogP contribution is -2.64. The van der Waals surface area contributed by atoms with E-state index >= 15 is 0 Å². The number of piperidine rings is 3. The highest BCUT2D eigenvalue weighted by Crippen LogP contribution is 2.44. The number of ether oxygens (including phenoxy) is 2. The molecule has 0 saturated carbocycles. The summed E-state index contributed by atoms with van der Waals surface area (Å²) in [5.41, 5.74) is 1.14. The fraction of sp³-hybridized carbons (Fsp3) is 0.571. The zero-order valence-electron chi connectivity index (χ0n) is 10.2. The molecule has 1 atom stereocenters. The highest BCUT2D eigenvalue weighted by molar-refractivity contribution is 9.10. The van der Waals surface area contributed by atoms with Gasteiger partial charge < -0.3 is 9.47 Å². The third-order valence-corrected chi connectivity index (χ3v) is 4.92. The number of nitrogens with zero attached hydrogens (tertiary/aromatic N) is 1. The monoisotopic (exact) mass is 309 g/mol. The first kappa shape index (κ1) is 11.3. The predicted octanol–water partition coefficient (Wildman–Crippen LogP) is 2.78. The van der Waals surface area contributed by atoms with E-state index < -0.39 is 0 Å². The molecule has 3 nitrogen and oxygen atoms in total. The Morgan fingerprint density at radius 2 is 2.11 bits per heavy atom. The molecule has 1 spiro atoms. The molecule has 4 heterocycles. The van der Waals surface area contributed by atoms with Gasteiger partial charge in [-0.1, -0.05) is 15.9 Å². The SMILES string of the molecule is Brc1ccc2c(c1)COC1(CN3CCC1CC3)O2. The van der Waals surface area contributed by atoms with Crippen molar-refractivity contribution in [1.82, 2.24) is 4.90 Å². The Morgan fingerprint density at radius 3 is 2.83 bits per heavy atom. The Kier molecular flexibility index (Phi) is 2.47. The molecule has 1 aromatic carbocycles. The average molecular weight is 310 g/mol. The summed E-state index contributed by atoms with van der Waals surface area (Å²) in [4.78, 5) is 2.46. The van der Waals surface area contributed by atoms with E-state index in [1.807, 2.05) is 6.07 Å². The topological polar surface area (TPSA) is 21.7 Å². The van der Waals surface area contributed by atoms with Gasteiger partial charge >= 0.3 is 0 Å². The summed E-state index contributed by atoms with van der Waals surface area (Å²) in [6.45, 7) is 3.99. The van der Waals surface area contributed by atoms with Gasteiger partial charge in [0.2, 0.25) is 5.79 Å². The fourth-order valence-corrected chi connectivity index (χ4v) is 3.84. The van der Waals surface area contributed by atoms with Crippen LogP contribution in [0.5, 0.6) is 5.75 Å². The molecule has 0 aliphatic carbocycles. The Morgan fingerprint density at radius 1 is 1.28 bits per heavy atom. The van der Waals surface area contributed by atoms with Gasteiger partial charge in [0.15, 0.2) is 0 Å². The molecule has 0 N–H and O–H groups in total. The second-order valence-electron chi connectivity index (χ2n) is 5.51. The van der Waals surface area contributed by atoms with E-state index in [9.17, 15) is 0 Å². The highest BCUT2D eigenvalue weighted by Gasteiger charge is 2.51. The minimum absolute atomic E-state index is 0.378. The van der Waals surface area contributed by atoms with Crippen LogP contribution in [-0.4, -0.2) is 30.3 Å². The molecule has 2 bridgehead atoms. The summed E-state index contributed by atoms with van der Waals surface area (Å²) >= 11 is 3.49. The lowest BCUT2D eigenvalue weighted by molar-refractivity contribution is -0.276. The van der Waals surface area contributed by atoms with Gasteiger partial charge in [0.1, 0.15) is 5.75 Å². The molecule has 5 rings (SSSR count). The van der Waals surface area contributed by atoms with Crippen LogP contribution in [0.1, 0.15) is 18.4 Å². The number of fused-ring (bicyclic) bond motifs is 3. The molecular formula is C14H16BrNO2. The average Bonchev–Trinajstić information content (AvgIpc) is 2.40. The Bertz CT molecular complexity index is 485. The van der Waals surface area contributed by atoms with Gasteiger partial charge in [0.05, 0.1) is 13.2 Å². The van der Waals surface area contributed by atoms with Gasteiger partial charge in [-0.3, -0.25) is 4.90 Å². The molecule has 3 fully saturated rings. The fourth-order valence-electron chi connectivity index (χ4n) is 3.43. The number of hydrogen-bond acceptors (Lipinski definition) is 3. The van der Waals surface area contributed by atoms with Crippen molar-refractivity contribution in [3.05, 3.63) is 28.2 Å². The Hall–Kier alpha value is -0.580. The summed E-state index contributed by atoms with van der Waals surface area (Å²) in [5, 5.41) is 0. The van der Waals surface area contributed by atoms with E-state index in [-0.39, 0.29) is 5.79 Å².